The van der Waals surface area contributed by atoms with Crippen molar-refractivity contribution >= 4 is 11.8 Å². The summed E-state index contributed by atoms with van der Waals surface area (Å²) in [6.45, 7) is 8.18. The third-order valence-corrected chi connectivity index (χ3v) is 5.85. The van der Waals surface area contributed by atoms with Gasteiger partial charge in [0, 0.05) is 38.6 Å². The summed E-state index contributed by atoms with van der Waals surface area (Å²) in [7, 11) is 0. The Hall–Kier alpha value is -1.14. The lowest BCUT2D eigenvalue weighted by Crippen LogP contribution is -2.52. The molecule has 0 N–H and O–H groups in total. The van der Waals surface area contributed by atoms with Gasteiger partial charge in [-0.15, -0.1) is 0 Å². The van der Waals surface area contributed by atoms with E-state index in [-0.39, 0.29) is 17.9 Å². The summed E-state index contributed by atoms with van der Waals surface area (Å²) in [6, 6.07) is 0.647. The zero-order chi connectivity index (χ0) is 17.1. The van der Waals surface area contributed by atoms with E-state index in [0.29, 0.717) is 31.8 Å². The van der Waals surface area contributed by atoms with E-state index in [0.717, 1.165) is 51.7 Å². The summed E-state index contributed by atoms with van der Waals surface area (Å²) < 4.78 is 5.67. The lowest BCUT2D eigenvalue weighted by molar-refractivity contribution is -0.140. The molecule has 0 spiro atoms. The molecule has 24 heavy (non-hydrogen) atoms. The van der Waals surface area contributed by atoms with Gasteiger partial charge >= 0.3 is 0 Å². The molecule has 0 bridgehead atoms. The van der Waals surface area contributed by atoms with Gasteiger partial charge in [0.25, 0.3) is 0 Å². The van der Waals surface area contributed by atoms with Crippen LogP contribution < -0.4 is 0 Å². The van der Waals surface area contributed by atoms with E-state index in [4.69, 9.17) is 4.74 Å². The largest absolute Gasteiger partial charge is 0.375 e. The van der Waals surface area contributed by atoms with E-state index in [1.165, 1.54) is 0 Å². The van der Waals surface area contributed by atoms with E-state index in [9.17, 15) is 9.59 Å². The number of carbonyl (C=O) groups is 2. The SMILES string of the molecule is CC[C@@H]1CN(C(=O)CN2CCC[C@@H]2[C@@H]2CCCN2C(C)=O)CCO1. The van der Waals surface area contributed by atoms with Crippen LogP contribution in [0.15, 0.2) is 0 Å². The summed E-state index contributed by atoms with van der Waals surface area (Å²) in [6.07, 6.45) is 5.52. The highest BCUT2D eigenvalue weighted by Crippen LogP contribution is 2.30. The lowest BCUT2D eigenvalue weighted by atomic mass is 10.0. The average molecular weight is 337 g/mol. The second-order valence-corrected chi connectivity index (χ2v) is 7.34. The van der Waals surface area contributed by atoms with Gasteiger partial charge in [-0.25, -0.2) is 0 Å². The number of hydrogen-bond donors (Lipinski definition) is 0. The second-order valence-electron chi connectivity index (χ2n) is 7.34. The molecule has 0 unspecified atom stereocenters. The van der Waals surface area contributed by atoms with Crippen molar-refractivity contribution in [3.05, 3.63) is 0 Å². The topological polar surface area (TPSA) is 53.1 Å². The van der Waals surface area contributed by atoms with E-state index in [1.54, 1.807) is 6.92 Å². The van der Waals surface area contributed by atoms with Crippen molar-refractivity contribution < 1.29 is 14.3 Å². The summed E-state index contributed by atoms with van der Waals surface area (Å²) in [5, 5.41) is 0. The molecule has 3 saturated heterocycles. The number of amides is 2. The van der Waals surface area contributed by atoms with Gasteiger partial charge in [-0.1, -0.05) is 6.92 Å². The molecule has 3 atom stereocenters. The van der Waals surface area contributed by atoms with Crippen molar-refractivity contribution in [2.75, 3.05) is 39.3 Å². The van der Waals surface area contributed by atoms with Gasteiger partial charge in [0.2, 0.25) is 11.8 Å². The van der Waals surface area contributed by atoms with Gasteiger partial charge in [-0.05, 0) is 38.6 Å². The number of hydrogen-bond acceptors (Lipinski definition) is 4. The molecule has 0 aliphatic carbocycles. The fourth-order valence-corrected chi connectivity index (χ4v) is 4.53. The normalized spacial score (nSPS) is 31.7. The Bertz CT molecular complexity index is 470. The third kappa shape index (κ3) is 3.75. The van der Waals surface area contributed by atoms with Crippen molar-refractivity contribution in [3.63, 3.8) is 0 Å². The van der Waals surface area contributed by atoms with E-state index in [1.807, 2.05) is 9.80 Å². The van der Waals surface area contributed by atoms with Crippen molar-refractivity contribution in [1.82, 2.24) is 14.7 Å². The van der Waals surface area contributed by atoms with Crippen LogP contribution in [-0.4, -0.2) is 84.0 Å². The van der Waals surface area contributed by atoms with Crippen molar-refractivity contribution in [2.24, 2.45) is 0 Å². The fourth-order valence-electron chi connectivity index (χ4n) is 4.53. The first-order chi connectivity index (χ1) is 11.6. The van der Waals surface area contributed by atoms with Crippen molar-refractivity contribution in [2.45, 2.75) is 64.1 Å². The van der Waals surface area contributed by atoms with Crippen LogP contribution in [0.1, 0.15) is 46.0 Å². The smallest absolute Gasteiger partial charge is 0.236 e. The minimum absolute atomic E-state index is 0.176. The quantitative estimate of drug-likeness (QED) is 0.771. The molecule has 0 aromatic carbocycles. The molecule has 3 rings (SSSR count). The number of morpholine rings is 1. The first-order valence-electron chi connectivity index (χ1n) is 9.50. The van der Waals surface area contributed by atoms with Crippen LogP contribution in [0.2, 0.25) is 0 Å². The molecule has 0 aromatic rings. The zero-order valence-electron chi connectivity index (χ0n) is 15.1. The molecule has 0 aromatic heterocycles. The standard InChI is InChI=1S/C18H31N3O3/c1-3-15-12-20(10-11-24-15)18(23)13-19-8-4-6-16(19)17-7-5-9-21(17)14(2)22/h15-17H,3-13H2,1-2H3/t15-,16-,17+/m1/s1. The highest BCUT2D eigenvalue weighted by molar-refractivity contribution is 5.78. The first kappa shape index (κ1) is 17.7. The van der Waals surface area contributed by atoms with Gasteiger partial charge < -0.3 is 14.5 Å². The highest BCUT2D eigenvalue weighted by atomic mass is 16.5. The fraction of sp³-hybridized carbons (Fsp3) is 0.889. The molecule has 6 nitrogen and oxygen atoms in total. The number of likely N-dealkylation sites (tertiary alicyclic amines) is 2. The van der Waals surface area contributed by atoms with Crippen LogP contribution in [0.3, 0.4) is 0 Å². The van der Waals surface area contributed by atoms with Crippen LogP contribution in [0.25, 0.3) is 0 Å². The van der Waals surface area contributed by atoms with Crippen LogP contribution in [0, 0.1) is 0 Å². The zero-order valence-corrected chi connectivity index (χ0v) is 15.1. The number of ether oxygens (including phenoxy) is 1. The van der Waals surface area contributed by atoms with E-state index in [2.05, 4.69) is 11.8 Å². The highest BCUT2D eigenvalue weighted by Gasteiger charge is 2.39. The maximum atomic E-state index is 12.7. The summed E-state index contributed by atoms with van der Waals surface area (Å²) in [5.41, 5.74) is 0. The monoisotopic (exact) mass is 337 g/mol. The molecular weight excluding hydrogens is 306 g/mol. The van der Waals surface area contributed by atoms with Crippen molar-refractivity contribution in [3.8, 4) is 0 Å². The maximum Gasteiger partial charge on any atom is 0.236 e. The number of rotatable bonds is 4. The third-order valence-electron chi connectivity index (χ3n) is 5.85. The molecule has 6 heteroatoms. The average Bonchev–Trinajstić information content (AvgIpc) is 3.23. The predicted octanol–water partition coefficient (Wildman–Crippen LogP) is 1.10. The Balaban J connectivity index is 1.59. The minimum atomic E-state index is 0.176. The van der Waals surface area contributed by atoms with Gasteiger partial charge in [-0.3, -0.25) is 14.5 Å². The Labute approximate surface area is 145 Å². The number of nitrogens with zero attached hydrogens (tertiary/aromatic N) is 3. The van der Waals surface area contributed by atoms with E-state index < -0.39 is 0 Å². The molecule has 3 aliphatic rings. The first-order valence-corrected chi connectivity index (χ1v) is 9.50. The molecule has 3 heterocycles. The van der Waals surface area contributed by atoms with Gasteiger partial charge in [0.1, 0.15) is 0 Å². The predicted molar refractivity (Wildman–Crippen MR) is 91.6 cm³/mol. The van der Waals surface area contributed by atoms with Gasteiger partial charge in [0.05, 0.1) is 19.3 Å². The Morgan fingerprint density at radius 1 is 1.08 bits per heavy atom. The molecule has 0 saturated carbocycles. The second kappa shape index (κ2) is 7.83. The maximum absolute atomic E-state index is 12.7. The Kier molecular flexibility index (Phi) is 5.76. The molecule has 2 amide bonds. The van der Waals surface area contributed by atoms with Gasteiger partial charge in [0.15, 0.2) is 0 Å². The lowest BCUT2D eigenvalue weighted by Gasteiger charge is -2.37. The molecule has 3 fully saturated rings. The van der Waals surface area contributed by atoms with Crippen LogP contribution in [-0.2, 0) is 14.3 Å². The molecule has 0 radical (unpaired) electrons. The molecule has 136 valence electrons. The summed E-state index contributed by atoms with van der Waals surface area (Å²) in [5.74, 6) is 0.394. The molecular formula is C18H31N3O3. The summed E-state index contributed by atoms with van der Waals surface area (Å²) in [4.78, 5) is 30.9. The van der Waals surface area contributed by atoms with E-state index >= 15 is 0 Å². The van der Waals surface area contributed by atoms with Crippen molar-refractivity contribution in [1.29, 1.82) is 0 Å². The molecule has 3 aliphatic heterocycles. The summed E-state index contributed by atoms with van der Waals surface area (Å²) >= 11 is 0. The van der Waals surface area contributed by atoms with Crippen LogP contribution >= 0.6 is 0 Å². The van der Waals surface area contributed by atoms with Gasteiger partial charge in [-0.2, -0.15) is 0 Å². The van der Waals surface area contributed by atoms with Crippen LogP contribution in [0.5, 0.6) is 0 Å². The minimum Gasteiger partial charge on any atom is -0.375 e. The Morgan fingerprint density at radius 2 is 1.83 bits per heavy atom. The van der Waals surface area contributed by atoms with Crippen LogP contribution in [0.4, 0.5) is 0 Å². The Morgan fingerprint density at radius 3 is 2.58 bits per heavy atom. The number of carbonyl (C=O) groups excluding carboxylic acids is 2.